The number of nitro benzene ring substituents is 1. The number of fused-ring (bicyclic) bond motifs is 1. The molecule has 2 aliphatic rings. The van der Waals surface area contributed by atoms with Gasteiger partial charge in [0.1, 0.15) is 29.3 Å². The summed E-state index contributed by atoms with van der Waals surface area (Å²) in [6.45, 7) is 6.94. The van der Waals surface area contributed by atoms with Crippen molar-refractivity contribution in [1.29, 1.82) is 0 Å². The molecule has 1 amide bonds. The highest BCUT2D eigenvalue weighted by atomic mass is 16.6. The third kappa shape index (κ3) is 4.75. The van der Waals surface area contributed by atoms with Crippen LogP contribution in [-0.2, 0) is 5.54 Å². The fourth-order valence-corrected chi connectivity index (χ4v) is 5.23. The minimum atomic E-state index is -0.527. The number of aromatic nitrogens is 7. The van der Waals surface area contributed by atoms with E-state index in [-0.39, 0.29) is 28.8 Å². The number of hydrogen-bond acceptors (Lipinski definition) is 12. The number of nitrogens with zero attached hydrogens (tertiary/aromatic N) is 9. The van der Waals surface area contributed by atoms with Gasteiger partial charge in [-0.15, -0.1) is 0 Å². The van der Waals surface area contributed by atoms with E-state index in [0.717, 1.165) is 18.4 Å². The maximum atomic E-state index is 12.6. The van der Waals surface area contributed by atoms with E-state index in [4.69, 9.17) is 30.1 Å². The van der Waals surface area contributed by atoms with Crippen LogP contribution in [0.2, 0.25) is 0 Å². The van der Waals surface area contributed by atoms with Crippen molar-refractivity contribution in [3.63, 3.8) is 0 Å². The van der Waals surface area contributed by atoms with E-state index in [0.29, 0.717) is 58.5 Å². The van der Waals surface area contributed by atoms with E-state index in [1.807, 2.05) is 25.5 Å². The first-order valence-electron chi connectivity index (χ1n) is 14.1. The molecule has 5 aromatic rings. The smallest absolute Gasteiger partial charge is 0.410 e. The Bertz CT molecular complexity index is 1900. The highest BCUT2D eigenvalue weighted by Gasteiger charge is 2.37. The van der Waals surface area contributed by atoms with Crippen molar-refractivity contribution >= 4 is 28.6 Å². The van der Waals surface area contributed by atoms with E-state index in [1.54, 1.807) is 17.3 Å². The van der Waals surface area contributed by atoms with Crippen LogP contribution in [0.5, 0.6) is 5.75 Å². The maximum Gasteiger partial charge on any atom is 0.415 e. The van der Waals surface area contributed by atoms with Crippen molar-refractivity contribution < 1.29 is 19.0 Å². The van der Waals surface area contributed by atoms with Gasteiger partial charge in [-0.2, -0.15) is 5.10 Å². The summed E-state index contributed by atoms with van der Waals surface area (Å²) >= 11 is 0. The first-order chi connectivity index (χ1) is 21.1. The highest BCUT2D eigenvalue weighted by Crippen LogP contribution is 2.48. The lowest BCUT2D eigenvalue weighted by Gasteiger charge is -2.38. The Morgan fingerprint density at radius 2 is 1.75 bits per heavy atom. The number of carbonyl (C=O) groups is 1. The third-order valence-corrected chi connectivity index (χ3v) is 7.78. The van der Waals surface area contributed by atoms with E-state index >= 15 is 0 Å². The minimum Gasteiger partial charge on any atom is -0.410 e. The quantitative estimate of drug-likeness (QED) is 0.211. The Morgan fingerprint density at radius 1 is 1.05 bits per heavy atom. The first-order valence-corrected chi connectivity index (χ1v) is 14.1. The van der Waals surface area contributed by atoms with Gasteiger partial charge < -0.3 is 19.9 Å². The number of benzene rings is 1. The zero-order chi connectivity index (χ0) is 30.7. The molecule has 1 aromatic carbocycles. The molecule has 2 fully saturated rings. The summed E-state index contributed by atoms with van der Waals surface area (Å²) in [5.74, 6) is 1.95. The van der Waals surface area contributed by atoms with Gasteiger partial charge in [0, 0.05) is 49.5 Å². The number of anilines is 1. The van der Waals surface area contributed by atoms with Crippen LogP contribution in [0.1, 0.15) is 56.8 Å². The monoisotopic (exact) mass is 596 g/mol. The van der Waals surface area contributed by atoms with Gasteiger partial charge in [0.05, 0.1) is 21.4 Å². The minimum absolute atomic E-state index is 0.0293. The Kier molecular flexibility index (Phi) is 6.26. The second-order valence-electron chi connectivity index (χ2n) is 12.0. The summed E-state index contributed by atoms with van der Waals surface area (Å²) in [5.41, 5.74) is 9.00. The summed E-state index contributed by atoms with van der Waals surface area (Å²) in [5, 5.41) is 20.8. The predicted molar refractivity (Wildman–Crippen MR) is 157 cm³/mol. The molecular weight excluding hydrogens is 568 g/mol. The van der Waals surface area contributed by atoms with Gasteiger partial charge in [-0.25, -0.2) is 29.4 Å². The molecule has 0 radical (unpaired) electrons. The van der Waals surface area contributed by atoms with Crippen molar-refractivity contribution in [2.75, 3.05) is 18.8 Å². The standard InChI is InChI=1S/C29H28N10O5/c1-29(2,3)38-27-21(25(30)33-14-34-27)22(35-38)23-20(24(44-36-23)15-4-5-15)26-31-10-16(11-32-26)17-12-37(13-17)28(40)43-19-8-6-18(7-9-19)39(41)42/h6-11,14-15,17H,4-5,12-13H2,1-3H3,(H2,30,33,34). The van der Waals surface area contributed by atoms with Crippen LogP contribution < -0.4 is 10.5 Å². The summed E-state index contributed by atoms with van der Waals surface area (Å²) in [7, 11) is 0. The van der Waals surface area contributed by atoms with Crippen molar-refractivity contribution in [3.8, 4) is 28.5 Å². The fraction of sp³-hybridized carbons (Fsp3) is 0.345. The molecule has 1 saturated carbocycles. The number of nitro groups is 1. The largest absolute Gasteiger partial charge is 0.415 e. The number of amides is 1. The van der Waals surface area contributed by atoms with E-state index in [9.17, 15) is 14.9 Å². The Hall–Kier alpha value is -5.47. The number of hydrogen-bond donors (Lipinski definition) is 1. The lowest BCUT2D eigenvalue weighted by atomic mass is 9.94. The molecule has 0 bridgehead atoms. The number of carbonyl (C=O) groups excluding carboxylic acids is 1. The molecule has 1 aliphatic carbocycles. The van der Waals surface area contributed by atoms with Crippen molar-refractivity contribution in [3.05, 3.63) is 64.4 Å². The lowest BCUT2D eigenvalue weighted by Crippen LogP contribution is -2.49. The van der Waals surface area contributed by atoms with Crippen LogP contribution in [0.25, 0.3) is 33.8 Å². The number of rotatable bonds is 6. The molecule has 44 heavy (non-hydrogen) atoms. The molecule has 1 aliphatic heterocycles. The Balaban J connectivity index is 1.13. The van der Waals surface area contributed by atoms with Gasteiger partial charge >= 0.3 is 6.09 Å². The highest BCUT2D eigenvalue weighted by molar-refractivity contribution is 6.00. The van der Waals surface area contributed by atoms with Crippen LogP contribution in [0, 0.1) is 10.1 Å². The van der Waals surface area contributed by atoms with Crippen LogP contribution in [0.15, 0.2) is 47.5 Å². The van der Waals surface area contributed by atoms with E-state index < -0.39 is 11.0 Å². The first kappa shape index (κ1) is 27.4. The lowest BCUT2D eigenvalue weighted by molar-refractivity contribution is -0.384. The average Bonchev–Trinajstić information content (AvgIpc) is 3.58. The zero-order valence-corrected chi connectivity index (χ0v) is 24.2. The summed E-state index contributed by atoms with van der Waals surface area (Å²) in [4.78, 5) is 42.5. The van der Waals surface area contributed by atoms with Crippen molar-refractivity contribution in [2.24, 2.45) is 0 Å². The molecule has 4 aromatic heterocycles. The van der Waals surface area contributed by atoms with Crippen molar-refractivity contribution in [1.82, 2.24) is 39.8 Å². The van der Waals surface area contributed by atoms with Crippen molar-refractivity contribution in [2.45, 2.75) is 51.0 Å². The second kappa shape index (κ2) is 10.1. The molecule has 224 valence electrons. The Morgan fingerprint density at radius 3 is 2.39 bits per heavy atom. The van der Waals surface area contributed by atoms with Gasteiger partial charge in [-0.3, -0.25) is 10.1 Å². The molecule has 7 rings (SSSR count). The topological polar surface area (TPSA) is 194 Å². The van der Waals surface area contributed by atoms with Gasteiger partial charge in [0.25, 0.3) is 5.69 Å². The molecular formula is C29H28N10O5. The second-order valence-corrected chi connectivity index (χ2v) is 12.0. The normalized spacial score (nSPS) is 15.4. The number of likely N-dealkylation sites (tertiary alicyclic amines) is 1. The molecule has 15 heteroatoms. The summed E-state index contributed by atoms with van der Waals surface area (Å²) in [6, 6.07) is 5.37. The SMILES string of the molecule is CC(C)(C)n1nc(-c2noc(C3CC3)c2-c2ncc(C3CN(C(=O)Oc4ccc([N+](=O)[O-])cc4)C3)cn2)c2c(N)ncnc21. The third-order valence-electron chi connectivity index (χ3n) is 7.78. The molecule has 5 heterocycles. The van der Waals surface area contributed by atoms with Crippen LogP contribution in [0.4, 0.5) is 16.3 Å². The van der Waals surface area contributed by atoms with Gasteiger partial charge in [0.15, 0.2) is 17.2 Å². The zero-order valence-electron chi connectivity index (χ0n) is 24.2. The summed E-state index contributed by atoms with van der Waals surface area (Å²) in [6.07, 6.45) is 6.36. The van der Waals surface area contributed by atoms with Gasteiger partial charge in [0.2, 0.25) is 0 Å². The molecule has 0 spiro atoms. The number of nitrogens with two attached hydrogens (primary N) is 1. The number of non-ortho nitro benzene ring substituents is 1. The van der Waals surface area contributed by atoms with E-state index in [1.165, 1.54) is 30.6 Å². The van der Waals surface area contributed by atoms with E-state index in [2.05, 4.69) is 15.1 Å². The number of nitrogen functional groups attached to an aromatic ring is 1. The molecule has 0 atom stereocenters. The molecule has 2 N–H and O–H groups in total. The molecule has 1 saturated heterocycles. The molecule has 15 nitrogen and oxygen atoms in total. The van der Waals surface area contributed by atoms with Crippen LogP contribution in [0.3, 0.4) is 0 Å². The van der Waals surface area contributed by atoms with Crippen LogP contribution >= 0.6 is 0 Å². The summed E-state index contributed by atoms with van der Waals surface area (Å²) < 4.78 is 13.0. The van der Waals surface area contributed by atoms with Crippen LogP contribution in [-0.4, -0.2) is 63.9 Å². The average molecular weight is 597 g/mol. The maximum absolute atomic E-state index is 12.6. The molecule has 0 unspecified atom stereocenters. The predicted octanol–water partition coefficient (Wildman–Crippen LogP) is 4.66. The number of ether oxygens (including phenoxy) is 1. The van der Waals surface area contributed by atoms with Gasteiger partial charge in [-0.1, -0.05) is 5.16 Å². The Labute approximate surface area is 250 Å². The fourth-order valence-electron chi connectivity index (χ4n) is 5.23. The van der Waals surface area contributed by atoms with Gasteiger partial charge in [-0.05, 0) is 51.3 Å².